The van der Waals surface area contributed by atoms with Gasteiger partial charge in [-0.15, -0.1) is 18.2 Å². The third-order valence-corrected chi connectivity index (χ3v) is 9.96. The van der Waals surface area contributed by atoms with Crippen molar-refractivity contribution in [2.24, 2.45) is 0 Å². The second kappa shape index (κ2) is 14.2. The van der Waals surface area contributed by atoms with Gasteiger partial charge in [-0.2, -0.15) is 0 Å². The first-order valence-electron chi connectivity index (χ1n) is 15.2. The number of hydrogen-bond acceptors (Lipinski definition) is 4. The van der Waals surface area contributed by atoms with Crippen molar-refractivity contribution in [1.82, 2.24) is 10.6 Å². The Labute approximate surface area is 274 Å². The summed E-state index contributed by atoms with van der Waals surface area (Å²) in [7, 11) is 0. The normalized spacial score (nSPS) is 12.7. The quantitative estimate of drug-likeness (QED) is 0.119. The number of carbonyl (C=O) groups is 2. The summed E-state index contributed by atoms with van der Waals surface area (Å²) in [5, 5.41) is 5.62. The molecule has 0 heterocycles. The van der Waals surface area contributed by atoms with Crippen molar-refractivity contribution >= 4 is 23.8 Å². The number of fused-ring (bicyclic) bond motifs is 3. The van der Waals surface area contributed by atoms with E-state index in [-0.39, 0.29) is 30.7 Å². The highest BCUT2D eigenvalue weighted by atomic mass is 32.2. The predicted octanol–water partition coefficient (Wildman–Crippen LogP) is 7.37. The van der Waals surface area contributed by atoms with Gasteiger partial charge in [0.25, 0.3) is 0 Å². The highest BCUT2D eigenvalue weighted by Gasteiger charge is 2.39. The Morgan fingerprint density at radius 2 is 1.17 bits per heavy atom. The molecule has 0 saturated carbocycles. The van der Waals surface area contributed by atoms with Crippen LogP contribution >= 0.6 is 11.8 Å². The molecule has 5 aromatic rings. The lowest BCUT2D eigenvalue weighted by atomic mass is 9.84. The summed E-state index contributed by atoms with van der Waals surface area (Å²) in [4.78, 5) is 26.8. The van der Waals surface area contributed by atoms with E-state index < -0.39 is 16.9 Å². The Bertz CT molecular complexity index is 1700. The first-order valence-corrected chi connectivity index (χ1v) is 16.2. The minimum atomic E-state index is -0.912. The number of hydrogen-bond donors (Lipinski definition) is 2. The number of amides is 2. The highest BCUT2D eigenvalue weighted by molar-refractivity contribution is 8.00. The van der Waals surface area contributed by atoms with E-state index in [4.69, 9.17) is 11.2 Å². The average Bonchev–Trinajstić information content (AvgIpc) is 3.44. The number of terminal acetylenes is 1. The standard InChI is InChI=1S/C40H34N2O3S/c1-2-26-41-38(43)37(42-39(44)45-27-36-34-24-14-12-22-32(34)33-23-13-15-25-35(33)36)28-46-40(29-16-6-3-7-17-29,30-18-8-4-9-19-30)31-20-10-5-11-21-31/h1,3-25,36-37H,26-28H2,(H,41,43)(H,42,44)/t37-/m0/s1. The predicted molar refractivity (Wildman–Crippen MR) is 186 cm³/mol. The molecule has 46 heavy (non-hydrogen) atoms. The van der Waals surface area contributed by atoms with Crippen molar-refractivity contribution in [1.29, 1.82) is 0 Å². The summed E-state index contributed by atoms with van der Waals surface area (Å²) in [6.45, 7) is 0.196. The smallest absolute Gasteiger partial charge is 0.407 e. The molecule has 1 atom stereocenters. The molecule has 0 spiro atoms. The van der Waals surface area contributed by atoms with Crippen molar-refractivity contribution in [3.05, 3.63) is 167 Å². The van der Waals surface area contributed by atoms with Crippen LogP contribution in [-0.2, 0) is 14.3 Å². The Balaban J connectivity index is 1.27. The molecule has 0 saturated heterocycles. The number of alkyl carbamates (subject to hydrolysis) is 1. The van der Waals surface area contributed by atoms with E-state index in [0.717, 1.165) is 38.9 Å². The van der Waals surface area contributed by atoms with Gasteiger partial charge >= 0.3 is 6.09 Å². The summed E-state index contributed by atoms with van der Waals surface area (Å²) in [5.74, 6) is 2.24. The van der Waals surface area contributed by atoms with E-state index in [0.29, 0.717) is 0 Å². The van der Waals surface area contributed by atoms with Gasteiger partial charge in [0.2, 0.25) is 5.91 Å². The van der Waals surface area contributed by atoms with Gasteiger partial charge in [-0.3, -0.25) is 4.79 Å². The molecule has 6 rings (SSSR count). The minimum absolute atomic E-state index is 0.0492. The van der Waals surface area contributed by atoms with E-state index in [9.17, 15) is 9.59 Å². The zero-order chi connectivity index (χ0) is 31.8. The van der Waals surface area contributed by atoms with Crippen molar-refractivity contribution in [3.63, 3.8) is 0 Å². The maximum absolute atomic E-state index is 13.5. The second-order valence-corrected chi connectivity index (χ2v) is 12.3. The number of benzene rings is 5. The fourth-order valence-corrected chi connectivity index (χ4v) is 7.76. The van der Waals surface area contributed by atoms with Crippen LogP contribution in [0.15, 0.2) is 140 Å². The zero-order valence-corrected chi connectivity index (χ0v) is 26.1. The van der Waals surface area contributed by atoms with Gasteiger partial charge in [-0.1, -0.05) is 145 Å². The highest BCUT2D eigenvalue weighted by Crippen LogP contribution is 2.49. The van der Waals surface area contributed by atoms with E-state index in [1.54, 1.807) is 11.8 Å². The fraction of sp³-hybridized carbons (Fsp3) is 0.150. The first-order chi connectivity index (χ1) is 22.6. The fourth-order valence-electron chi connectivity index (χ4n) is 6.20. The maximum atomic E-state index is 13.5. The van der Waals surface area contributed by atoms with Gasteiger partial charge in [-0.05, 0) is 38.9 Å². The molecule has 6 heteroatoms. The minimum Gasteiger partial charge on any atom is -0.449 e. The van der Waals surface area contributed by atoms with E-state index in [1.165, 1.54) is 0 Å². The van der Waals surface area contributed by atoms with E-state index in [2.05, 4.69) is 77.2 Å². The summed E-state index contributed by atoms with van der Waals surface area (Å²) in [6, 6.07) is 46.1. The molecule has 0 radical (unpaired) electrons. The molecule has 0 aromatic heterocycles. The molecule has 0 unspecified atom stereocenters. The summed E-state index contributed by atoms with van der Waals surface area (Å²) in [5.41, 5.74) is 7.70. The third kappa shape index (κ3) is 6.28. The molecule has 0 bridgehead atoms. The molecule has 1 aliphatic rings. The van der Waals surface area contributed by atoms with Gasteiger partial charge in [0.1, 0.15) is 12.6 Å². The van der Waals surface area contributed by atoms with Crippen LogP contribution in [-0.4, -0.2) is 36.9 Å². The molecular formula is C40H34N2O3S. The lowest BCUT2D eigenvalue weighted by Gasteiger charge is -2.36. The molecule has 5 nitrogen and oxygen atoms in total. The second-order valence-electron chi connectivity index (χ2n) is 11.0. The van der Waals surface area contributed by atoms with Crippen molar-refractivity contribution < 1.29 is 14.3 Å². The molecule has 2 N–H and O–H groups in total. The van der Waals surface area contributed by atoms with Crippen LogP contribution in [0.25, 0.3) is 11.1 Å². The van der Waals surface area contributed by atoms with Crippen LogP contribution < -0.4 is 10.6 Å². The van der Waals surface area contributed by atoms with Gasteiger partial charge < -0.3 is 15.4 Å². The van der Waals surface area contributed by atoms with Crippen LogP contribution in [0.4, 0.5) is 4.79 Å². The number of carbonyl (C=O) groups excluding carboxylic acids is 2. The van der Waals surface area contributed by atoms with E-state index in [1.807, 2.05) is 78.9 Å². The molecule has 228 valence electrons. The summed E-state index contributed by atoms with van der Waals surface area (Å²) >= 11 is 1.58. The van der Waals surface area contributed by atoms with Crippen LogP contribution in [0.5, 0.6) is 0 Å². The number of thioether (sulfide) groups is 1. The van der Waals surface area contributed by atoms with Crippen LogP contribution in [0.3, 0.4) is 0 Å². The van der Waals surface area contributed by atoms with Crippen LogP contribution in [0, 0.1) is 12.3 Å². The lowest BCUT2D eigenvalue weighted by molar-refractivity contribution is -0.122. The topological polar surface area (TPSA) is 67.4 Å². The Kier molecular flexibility index (Phi) is 9.52. The van der Waals surface area contributed by atoms with Crippen LogP contribution in [0.1, 0.15) is 33.7 Å². The van der Waals surface area contributed by atoms with Crippen molar-refractivity contribution in [2.45, 2.75) is 16.7 Å². The molecule has 1 aliphatic carbocycles. The SMILES string of the molecule is C#CCNC(=O)[C@H](CSC(c1ccccc1)(c1ccccc1)c1ccccc1)NC(=O)OCC1c2ccccc2-c2ccccc21. The molecule has 0 aliphatic heterocycles. The largest absolute Gasteiger partial charge is 0.449 e. The monoisotopic (exact) mass is 622 g/mol. The van der Waals surface area contributed by atoms with E-state index >= 15 is 0 Å². The lowest BCUT2D eigenvalue weighted by Crippen LogP contribution is -2.49. The Hall–Kier alpha value is -5.25. The van der Waals surface area contributed by atoms with Crippen molar-refractivity contribution in [3.8, 4) is 23.5 Å². The molecule has 0 fully saturated rings. The van der Waals surface area contributed by atoms with Crippen molar-refractivity contribution in [2.75, 3.05) is 18.9 Å². The Morgan fingerprint density at radius 1 is 0.717 bits per heavy atom. The number of ether oxygens (including phenoxy) is 1. The first kappa shape index (κ1) is 30.8. The Morgan fingerprint density at radius 3 is 1.65 bits per heavy atom. The van der Waals surface area contributed by atoms with Crippen LogP contribution in [0.2, 0.25) is 0 Å². The third-order valence-electron chi connectivity index (χ3n) is 8.32. The maximum Gasteiger partial charge on any atom is 0.407 e. The van der Waals surface area contributed by atoms with Gasteiger partial charge in [0.05, 0.1) is 11.3 Å². The molecule has 5 aromatic carbocycles. The molecule has 2 amide bonds. The molecular weight excluding hydrogens is 589 g/mol. The van der Waals surface area contributed by atoms with Gasteiger partial charge in [-0.25, -0.2) is 4.79 Å². The summed E-state index contributed by atoms with van der Waals surface area (Å²) < 4.78 is 5.16. The zero-order valence-electron chi connectivity index (χ0n) is 25.3. The number of nitrogens with one attached hydrogen (secondary N) is 2. The summed E-state index contributed by atoms with van der Waals surface area (Å²) in [6.07, 6.45) is 4.80. The average molecular weight is 623 g/mol. The van der Waals surface area contributed by atoms with Gasteiger partial charge in [0, 0.05) is 11.7 Å². The van der Waals surface area contributed by atoms with Gasteiger partial charge in [0.15, 0.2) is 0 Å². The number of rotatable bonds is 11.